The van der Waals surface area contributed by atoms with E-state index >= 15 is 0 Å². The van der Waals surface area contributed by atoms with Gasteiger partial charge >= 0.3 is 5.97 Å². The smallest absolute Gasteiger partial charge is 0.307 e. The molecule has 1 saturated heterocycles. The van der Waals surface area contributed by atoms with Gasteiger partial charge in [0, 0.05) is 12.1 Å². The second kappa shape index (κ2) is 6.71. The first-order valence-corrected chi connectivity index (χ1v) is 7.72. The van der Waals surface area contributed by atoms with Crippen LogP contribution < -0.4 is 0 Å². The van der Waals surface area contributed by atoms with Crippen LogP contribution in [0.5, 0.6) is 0 Å². The highest BCUT2D eigenvalue weighted by Crippen LogP contribution is 2.43. The molecule has 0 aromatic rings. The molecule has 2 aliphatic rings. The number of hydrogen-bond acceptors (Lipinski definition) is 4. The molecule has 0 aromatic carbocycles. The molecular formula is C15H27NO3. The van der Waals surface area contributed by atoms with E-state index in [-0.39, 0.29) is 11.5 Å². The topological polar surface area (TPSA) is 38.8 Å². The fraction of sp³-hybridized carbons (Fsp3) is 0.933. The van der Waals surface area contributed by atoms with Crippen molar-refractivity contribution in [3.8, 4) is 0 Å². The summed E-state index contributed by atoms with van der Waals surface area (Å²) < 4.78 is 10.8. The Morgan fingerprint density at radius 2 is 1.84 bits per heavy atom. The Morgan fingerprint density at radius 1 is 1.16 bits per heavy atom. The zero-order chi connectivity index (χ0) is 13.7. The fourth-order valence-electron chi connectivity index (χ4n) is 3.50. The molecule has 0 unspecified atom stereocenters. The maximum atomic E-state index is 11.9. The van der Waals surface area contributed by atoms with Crippen LogP contribution in [0.4, 0.5) is 0 Å². The Labute approximate surface area is 116 Å². The molecule has 4 nitrogen and oxygen atoms in total. The van der Waals surface area contributed by atoms with Crippen molar-refractivity contribution >= 4 is 5.97 Å². The maximum Gasteiger partial charge on any atom is 0.307 e. The van der Waals surface area contributed by atoms with Gasteiger partial charge in [0.15, 0.2) is 0 Å². The molecule has 0 atom stereocenters. The maximum absolute atomic E-state index is 11.9. The zero-order valence-corrected chi connectivity index (χ0v) is 12.3. The number of carbonyl (C=O) groups excluding carboxylic acids is 1. The second-order valence-electron chi connectivity index (χ2n) is 5.74. The van der Waals surface area contributed by atoms with Crippen LogP contribution in [-0.4, -0.2) is 48.8 Å². The Hall–Kier alpha value is -0.610. The minimum Gasteiger partial charge on any atom is -0.466 e. The van der Waals surface area contributed by atoms with Crippen LogP contribution in [0.2, 0.25) is 0 Å². The average Bonchev–Trinajstić information content (AvgIpc) is 2.37. The van der Waals surface area contributed by atoms with Gasteiger partial charge in [-0.05, 0) is 52.6 Å². The summed E-state index contributed by atoms with van der Waals surface area (Å²) in [7, 11) is 0. The molecule has 110 valence electrons. The summed E-state index contributed by atoms with van der Waals surface area (Å²) in [6.07, 6.45) is 6.67. The molecule has 4 heteroatoms. The summed E-state index contributed by atoms with van der Waals surface area (Å²) in [5, 5.41) is 0. The number of likely N-dealkylation sites (tertiary alicyclic amines) is 1. The highest BCUT2D eigenvalue weighted by atomic mass is 16.5. The lowest BCUT2D eigenvalue weighted by atomic mass is 9.70. The first-order chi connectivity index (χ1) is 9.20. The number of nitrogens with zero attached hydrogens (tertiary/aromatic N) is 1. The summed E-state index contributed by atoms with van der Waals surface area (Å²) in [5.74, 6) is -0.0528. The lowest BCUT2D eigenvalue weighted by Gasteiger charge is -2.54. The van der Waals surface area contributed by atoms with Crippen LogP contribution >= 0.6 is 0 Å². The molecular weight excluding hydrogens is 242 g/mol. The number of esters is 1. The van der Waals surface area contributed by atoms with Crippen LogP contribution in [0, 0.1) is 0 Å². The van der Waals surface area contributed by atoms with E-state index in [1.807, 2.05) is 13.8 Å². The van der Waals surface area contributed by atoms with Crippen molar-refractivity contribution in [1.29, 1.82) is 0 Å². The van der Waals surface area contributed by atoms with Crippen LogP contribution in [0.15, 0.2) is 0 Å². The SMILES string of the molecule is CCOC(=O)CC1(N2CCCCC2)CC(OCC)C1. The molecule has 2 fully saturated rings. The van der Waals surface area contributed by atoms with E-state index < -0.39 is 0 Å². The lowest BCUT2D eigenvalue weighted by Crippen LogP contribution is -2.62. The highest BCUT2D eigenvalue weighted by molar-refractivity contribution is 5.71. The number of carbonyl (C=O) groups is 1. The summed E-state index contributed by atoms with van der Waals surface area (Å²) in [6, 6.07) is 0. The van der Waals surface area contributed by atoms with Gasteiger partial charge in [0.2, 0.25) is 0 Å². The minimum atomic E-state index is -0.0528. The van der Waals surface area contributed by atoms with Gasteiger partial charge in [-0.15, -0.1) is 0 Å². The van der Waals surface area contributed by atoms with E-state index in [2.05, 4.69) is 4.90 Å². The third kappa shape index (κ3) is 3.48. The van der Waals surface area contributed by atoms with Gasteiger partial charge in [-0.3, -0.25) is 9.69 Å². The summed E-state index contributed by atoms with van der Waals surface area (Å²) in [5.41, 5.74) is 0.0203. The highest BCUT2D eigenvalue weighted by Gasteiger charge is 2.50. The molecule has 1 saturated carbocycles. The number of ether oxygens (including phenoxy) is 2. The molecule has 1 aliphatic carbocycles. The number of hydrogen-bond donors (Lipinski definition) is 0. The normalized spacial score (nSPS) is 31.8. The average molecular weight is 269 g/mol. The van der Waals surface area contributed by atoms with Crippen LogP contribution in [-0.2, 0) is 14.3 Å². The van der Waals surface area contributed by atoms with Crippen LogP contribution in [0.1, 0.15) is 52.4 Å². The van der Waals surface area contributed by atoms with Crippen molar-refractivity contribution in [1.82, 2.24) is 4.90 Å². The Morgan fingerprint density at radius 3 is 2.42 bits per heavy atom. The lowest BCUT2D eigenvalue weighted by molar-refractivity contribution is -0.157. The molecule has 1 heterocycles. The van der Waals surface area contributed by atoms with Crippen LogP contribution in [0.3, 0.4) is 0 Å². The van der Waals surface area contributed by atoms with Gasteiger partial charge in [0.1, 0.15) is 0 Å². The molecule has 0 amide bonds. The predicted octanol–water partition coefficient (Wildman–Crippen LogP) is 2.36. The van der Waals surface area contributed by atoms with E-state index in [9.17, 15) is 4.79 Å². The number of rotatable bonds is 6. The van der Waals surface area contributed by atoms with Gasteiger partial charge in [0.05, 0.1) is 19.1 Å². The van der Waals surface area contributed by atoms with Gasteiger partial charge < -0.3 is 9.47 Å². The standard InChI is InChI=1S/C15H27NO3/c1-3-18-13-10-15(11-13,12-14(17)19-4-2)16-8-6-5-7-9-16/h13H,3-12H2,1-2H3. The molecule has 0 spiro atoms. The van der Waals surface area contributed by atoms with E-state index in [1.54, 1.807) is 0 Å². The fourth-order valence-corrected chi connectivity index (χ4v) is 3.50. The van der Waals surface area contributed by atoms with Gasteiger partial charge in [-0.1, -0.05) is 6.42 Å². The molecule has 0 radical (unpaired) electrons. The predicted molar refractivity (Wildman–Crippen MR) is 74.1 cm³/mol. The molecule has 0 aromatic heterocycles. The van der Waals surface area contributed by atoms with Gasteiger partial charge in [-0.2, -0.15) is 0 Å². The van der Waals surface area contributed by atoms with Crippen molar-refractivity contribution in [2.24, 2.45) is 0 Å². The van der Waals surface area contributed by atoms with Gasteiger partial charge in [-0.25, -0.2) is 0 Å². The largest absolute Gasteiger partial charge is 0.466 e. The molecule has 1 aliphatic heterocycles. The van der Waals surface area contributed by atoms with Gasteiger partial charge in [0.25, 0.3) is 0 Å². The molecule has 0 bridgehead atoms. The third-order valence-corrected chi connectivity index (χ3v) is 4.42. The first kappa shape index (κ1) is 14.8. The van der Waals surface area contributed by atoms with E-state index in [1.165, 1.54) is 19.3 Å². The summed E-state index contributed by atoms with van der Waals surface area (Å²) in [4.78, 5) is 14.4. The Balaban J connectivity index is 1.95. The van der Waals surface area contributed by atoms with E-state index in [0.717, 1.165) is 32.5 Å². The van der Waals surface area contributed by atoms with E-state index in [0.29, 0.717) is 19.1 Å². The monoisotopic (exact) mass is 269 g/mol. The van der Waals surface area contributed by atoms with Crippen molar-refractivity contribution in [2.45, 2.75) is 64.0 Å². The Kier molecular flexibility index (Phi) is 5.22. The molecule has 2 rings (SSSR count). The van der Waals surface area contributed by atoms with Crippen LogP contribution in [0.25, 0.3) is 0 Å². The van der Waals surface area contributed by atoms with Crippen molar-refractivity contribution in [3.63, 3.8) is 0 Å². The summed E-state index contributed by atoms with van der Waals surface area (Å²) in [6.45, 7) is 7.39. The number of piperidine rings is 1. The van der Waals surface area contributed by atoms with E-state index in [4.69, 9.17) is 9.47 Å². The second-order valence-corrected chi connectivity index (χ2v) is 5.74. The Bertz CT molecular complexity index is 294. The molecule has 19 heavy (non-hydrogen) atoms. The minimum absolute atomic E-state index is 0.0203. The first-order valence-electron chi connectivity index (χ1n) is 7.72. The zero-order valence-electron chi connectivity index (χ0n) is 12.3. The quantitative estimate of drug-likeness (QED) is 0.694. The van der Waals surface area contributed by atoms with Crippen molar-refractivity contribution in [2.75, 3.05) is 26.3 Å². The third-order valence-electron chi connectivity index (χ3n) is 4.42. The van der Waals surface area contributed by atoms with Crippen molar-refractivity contribution in [3.05, 3.63) is 0 Å². The summed E-state index contributed by atoms with van der Waals surface area (Å²) >= 11 is 0. The molecule has 0 N–H and O–H groups in total. The van der Waals surface area contributed by atoms with Crippen molar-refractivity contribution < 1.29 is 14.3 Å².